The monoisotopic (exact) mass is 436 g/mol. The number of aryl methyl sites for hydroxylation is 2. The molecule has 0 aliphatic carbocycles. The second-order valence-corrected chi connectivity index (χ2v) is 7.77. The molecule has 0 unspecified atom stereocenters. The highest BCUT2D eigenvalue weighted by molar-refractivity contribution is 5.92. The largest absolute Gasteiger partial charge is 0.325 e. The number of nitrogens with one attached hydrogen (secondary N) is 1. The summed E-state index contributed by atoms with van der Waals surface area (Å²) < 4.78 is 3.49. The molecule has 2 aromatic carbocycles. The van der Waals surface area contributed by atoms with Gasteiger partial charge in [-0.3, -0.25) is 14.2 Å². The Labute approximate surface area is 188 Å². The molecule has 0 amide bonds. The number of nitrogens with zero attached hydrogens (tertiary/aromatic N) is 6. The Balaban J connectivity index is 1.73. The van der Waals surface area contributed by atoms with E-state index in [-0.39, 0.29) is 12.1 Å². The van der Waals surface area contributed by atoms with Crippen LogP contribution in [0.5, 0.6) is 0 Å². The van der Waals surface area contributed by atoms with Crippen molar-refractivity contribution in [2.45, 2.75) is 6.54 Å². The summed E-state index contributed by atoms with van der Waals surface area (Å²) in [6.45, 7) is 0.197. The van der Waals surface area contributed by atoms with E-state index in [9.17, 15) is 10.1 Å². The SMILES string of the molecule is Cn1cc(-c2ccc(C#N)c(-c3c(-c4ccc5c(=O)[nH]nc(CN)c5c4)cnn3C)c2)cn1. The lowest BCUT2D eigenvalue weighted by molar-refractivity contribution is 0.768. The number of nitriles is 1. The fourth-order valence-corrected chi connectivity index (χ4v) is 4.10. The first-order valence-electron chi connectivity index (χ1n) is 10.3. The number of nitrogens with two attached hydrogens (primary N) is 1. The fourth-order valence-electron chi connectivity index (χ4n) is 4.10. The van der Waals surface area contributed by atoms with Crippen molar-refractivity contribution in [1.82, 2.24) is 29.8 Å². The molecule has 0 atom stereocenters. The van der Waals surface area contributed by atoms with Crippen molar-refractivity contribution >= 4 is 10.8 Å². The summed E-state index contributed by atoms with van der Waals surface area (Å²) in [6.07, 6.45) is 5.48. The van der Waals surface area contributed by atoms with E-state index in [0.717, 1.165) is 33.5 Å². The van der Waals surface area contributed by atoms with Crippen molar-refractivity contribution < 1.29 is 0 Å². The molecule has 0 aliphatic rings. The number of hydrogen-bond acceptors (Lipinski definition) is 6. The molecule has 5 aromatic rings. The lowest BCUT2D eigenvalue weighted by atomic mass is 9.94. The minimum Gasteiger partial charge on any atom is -0.325 e. The second-order valence-electron chi connectivity index (χ2n) is 7.77. The van der Waals surface area contributed by atoms with E-state index < -0.39 is 0 Å². The molecule has 162 valence electrons. The average molecular weight is 436 g/mol. The maximum atomic E-state index is 12.2. The summed E-state index contributed by atoms with van der Waals surface area (Å²) in [7, 11) is 3.71. The van der Waals surface area contributed by atoms with Gasteiger partial charge in [-0.1, -0.05) is 12.1 Å². The summed E-state index contributed by atoms with van der Waals surface area (Å²) in [5.74, 6) is 0. The Morgan fingerprint density at radius 2 is 1.82 bits per heavy atom. The van der Waals surface area contributed by atoms with Crippen LogP contribution in [-0.4, -0.2) is 29.8 Å². The molecule has 3 aromatic heterocycles. The minimum atomic E-state index is -0.268. The molecule has 9 nitrogen and oxygen atoms in total. The number of H-pyrrole nitrogens is 1. The highest BCUT2D eigenvalue weighted by Gasteiger charge is 2.18. The van der Waals surface area contributed by atoms with Crippen molar-refractivity contribution in [3.63, 3.8) is 0 Å². The summed E-state index contributed by atoms with van der Waals surface area (Å²) in [5, 5.41) is 26.3. The molecule has 33 heavy (non-hydrogen) atoms. The first-order valence-corrected chi connectivity index (χ1v) is 10.3. The van der Waals surface area contributed by atoms with Gasteiger partial charge in [0, 0.05) is 48.9 Å². The third-order valence-corrected chi connectivity index (χ3v) is 5.74. The van der Waals surface area contributed by atoms with Crippen LogP contribution in [0.25, 0.3) is 44.3 Å². The van der Waals surface area contributed by atoms with Crippen LogP contribution in [0.15, 0.2) is 59.8 Å². The second kappa shape index (κ2) is 7.85. The third kappa shape index (κ3) is 3.39. The van der Waals surface area contributed by atoms with Crippen molar-refractivity contribution in [3.05, 3.63) is 76.6 Å². The molecule has 0 saturated heterocycles. The van der Waals surface area contributed by atoms with Crippen molar-refractivity contribution in [2.24, 2.45) is 19.8 Å². The molecular weight excluding hydrogens is 416 g/mol. The summed E-state index contributed by atoms with van der Waals surface area (Å²) in [6, 6.07) is 13.5. The van der Waals surface area contributed by atoms with Gasteiger partial charge in [0.25, 0.3) is 5.56 Å². The highest BCUT2D eigenvalue weighted by Crippen LogP contribution is 2.36. The maximum absolute atomic E-state index is 12.2. The Hall–Kier alpha value is -4.55. The molecule has 5 rings (SSSR count). The molecule has 0 aliphatic heterocycles. The predicted molar refractivity (Wildman–Crippen MR) is 125 cm³/mol. The molecule has 0 spiro atoms. The zero-order chi connectivity index (χ0) is 23.1. The molecular formula is C24H20N8O. The maximum Gasteiger partial charge on any atom is 0.272 e. The molecule has 0 bridgehead atoms. The summed E-state index contributed by atoms with van der Waals surface area (Å²) in [5.41, 5.74) is 11.9. The average Bonchev–Trinajstić information content (AvgIpc) is 3.44. The van der Waals surface area contributed by atoms with Gasteiger partial charge in [0.05, 0.1) is 40.8 Å². The van der Waals surface area contributed by atoms with Gasteiger partial charge in [0.1, 0.15) is 0 Å². The van der Waals surface area contributed by atoms with Crippen LogP contribution in [-0.2, 0) is 20.6 Å². The van der Waals surface area contributed by atoms with Gasteiger partial charge in [-0.05, 0) is 35.4 Å². The Morgan fingerprint density at radius 1 is 1.00 bits per heavy atom. The van der Waals surface area contributed by atoms with E-state index in [0.29, 0.717) is 22.0 Å². The van der Waals surface area contributed by atoms with Crippen LogP contribution in [0, 0.1) is 11.3 Å². The predicted octanol–water partition coefficient (Wildman–Crippen LogP) is 2.72. The standard InChI is InChI=1S/C24H20N8O/c1-31-13-17(11-27-31)14-3-4-16(9-25)19(7-14)23-21(12-28-32(23)2)15-5-6-18-20(8-15)22(10-26)29-30-24(18)33/h3-8,11-13H,10,26H2,1-2H3,(H,30,33). The van der Waals surface area contributed by atoms with Crippen LogP contribution in [0.4, 0.5) is 0 Å². The van der Waals surface area contributed by atoms with Crippen molar-refractivity contribution in [2.75, 3.05) is 0 Å². The molecule has 3 N–H and O–H groups in total. The lowest BCUT2D eigenvalue weighted by Gasteiger charge is -2.11. The van der Waals surface area contributed by atoms with Crippen LogP contribution in [0.2, 0.25) is 0 Å². The molecule has 9 heteroatoms. The minimum absolute atomic E-state index is 0.197. The zero-order valence-corrected chi connectivity index (χ0v) is 18.1. The van der Waals surface area contributed by atoms with E-state index in [1.807, 2.05) is 50.6 Å². The highest BCUT2D eigenvalue weighted by atomic mass is 16.1. The number of aromatic amines is 1. The quantitative estimate of drug-likeness (QED) is 0.445. The first-order chi connectivity index (χ1) is 16.0. The van der Waals surface area contributed by atoms with Gasteiger partial charge in [-0.25, -0.2) is 5.10 Å². The lowest BCUT2D eigenvalue weighted by Crippen LogP contribution is -2.13. The number of aromatic nitrogens is 6. The zero-order valence-electron chi connectivity index (χ0n) is 18.1. The van der Waals surface area contributed by atoms with Gasteiger partial charge < -0.3 is 5.73 Å². The van der Waals surface area contributed by atoms with E-state index in [1.165, 1.54) is 0 Å². The first kappa shape index (κ1) is 20.4. The van der Waals surface area contributed by atoms with Gasteiger partial charge in [0.15, 0.2) is 0 Å². The number of fused-ring (bicyclic) bond motifs is 1. The molecule has 0 fully saturated rings. The van der Waals surface area contributed by atoms with Crippen molar-refractivity contribution in [3.8, 4) is 39.6 Å². The molecule has 3 heterocycles. The third-order valence-electron chi connectivity index (χ3n) is 5.74. The number of benzene rings is 2. The fraction of sp³-hybridized carbons (Fsp3) is 0.125. The Bertz CT molecular complexity index is 1620. The van der Waals surface area contributed by atoms with E-state index in [4.69, 9.17) is 5.73 Å². The van der Waals surface area contributed by atoms with Crippen LogP contribution in [0.3, 0.4) is 0 Å². The van der Waals surface area contributed by atoms with E-state index in [2.05, 4.69) is 26.5 Å². The van der Waals surface area contributed by atoms with Gasteiger partial charge in [-0.15, -0.1) is 0 Å². The summed E-state index contributed by atoms with van der Waals surface area (Å²) >= 11 is 0. The molecule has 0 saturated carbocycles. The smallest absolute Gasteiger partial charge is 0.272 e. The number of hydrogen-bond donors (Lipinski definition) is 2. The molecule has 0 radical (unpaired) electrons. The van der Waals surface area contributed by atoms with Gasteiger partial charge >= 0.3 is 0 Å². The van der Waals surface area contributed by atoms with Crippen LogP contribution >= 0.6 is 0 Å². The Kier molecular flexibility index (Phi) is 4.84. The normalized spacial score (nSPS) is 11.1. The van der Waals surface area contributed by atoms with Gasteiger partial charge in [0.2, 0.25) is 0 Å². The Morgan fingerprint density at radius 3 is 2.55 bits per heavy atom. The van der Waals surface area contributed by atoms with Gasteiger partial charge in [-0.2, -0.15) is 20.6 Å². The van der Waals surface area contributed by atoms with Crippen molar-refractivity contribution in [1.29, 1.82) is 5.26 Å². The number of rotatable bonds is 4. The topological polar surface area (TPSA) is 131 Å². The van der Waals surface area contributed by atoms with E-state index >= 15 is 0 Å². The van der Waals surface area contributed by atoms with E-state index in [1.54, 1.807) is 27.8 Å². The van der Waals surface area contributed by atoms with Crippen LogP contribution in [0.1, 0.15) is 11.3 Å². The summed E-state index contributed by atoms with van der Waals surface area (Å²) in [4.78, 5) is 12.2. The van der Waals surface area contributed by atoms with Crippen LogP contribution < -0.4 is 11.3 Å².